The second kappa shape index (κ2) is 10.8. The van der Waals surface area contributed by atoms with Crippen LogP contribution in [-0.4, -0.2) is 63.8 Å². The first-order chi connectivity index (χ1) is 12.2. The fourth-order valence-corrected chi connectivity index (χ4v) is 3.34. The zero-order valence-corrected chi connectivity index (χ0v) is 18.1. The van der Waals surface area contributed by atoms with Gasteiger partial charge in [0.05, 0.1) is 6.54 Å². The van der Waals surface area contributed by atoms with Gasteiger partial charge >= 0.3 is 0 Å². The van der Waals surface area contributed by atoms with Crippen molar-refractivity contribution < 1.29 is 9.47 Å². The van der Waals surface area contributed by atoms with Gasteiger partial charge in [-0.2, -0.15) is 0 Å². The molecular weight excluding hydrogens is 443 g/mol. The van der Waals surface area contributed by atoms with Crippen LogP contribution in [0, 0.1) is 5.92 Å². The number of ether oxygens (including phenoxy) is 2. The van der Waals surface area contributed by atoms with E-state index in [1.54, 1.807) is 7.05 Å². The van der Waals surface area contributed by atoms with E-state index in [0.717, 1.165) is 29.9 Å². The predicted octanol–water partition coefficient (Wildman–Crippen LogP) is 2.34. The highest BCUT2D eigenvalue weighted by Gasteiger charge is 2.21. The van der Waals surface area contributed by atoms with E-state index in [0.29, 0.717) is 13.2 Å². The zero-order valence-electron chi connectivity index (χ0n) is 15.7. The molecule has 2 aliphatic rings. The summed E-state index contributed by atoms with van der Waals surface area (Å²) in [7, 11) is 4.01. The molecule has 7 heteroatoms. The quantitative estimate of drug-likeness (QED) is 0.390. The van der Waals surface area contributed by atoms with E-state index in [1.165, 1.54) is 32.4 Å². The molecule has 0 aromatic heterocycles. The Bertz CT molecular complexity index is 576. The standard InChI is InChI=1S/C19H30N4O2.HI/c1-20-19(21-10-7-15-8-11-23(2)12-9-15)22-13-16-14-24-17-5-3-4-6-18(17)25-16;/h3-6,15-16H,7-14H2,1-2H3,(H2,20,21,22);1H. The number of rotatable bonds is 5. The lowest BCUT2D eigenvalue weighted by Gasteiger charge is -2.29. The number of nitrogens with one attached hydrogen (secondary N) is 2. The summed E-state index contributed by atoms with van der Waals surface area (Å²) in [5, 5.41) is 6.76. The number of halogens is 1. The fraction of sp³-hybridized carbons (Fsp3) is 0.632. The first-order valence-corrected chi connectivity index (χ1v) is 9.26. The lowest BCUT2D eigenvalue weighted by molar-refractivity contribution is 0.0936. The van der Waals surface area contributed by atoms with Crippen molar-refractivity contribution in [2.24, 2.45) is 10.9 Å². The minimum atomic E-state index is -0.0117. The average Bonchev–Trinajstić information content (AvgIpc) is 2.66. The SMILES string of the molecule is CN=C(NCCC1CCN(C)CC1)NCC1COc2ccccc2O1.I. The van der Waals surface area contributed by atoms with Crippen molar-refractivity contribution in [3.05, 3.63) is 24.3 Å². The molecule has 2 heterocycles. The van der Waals surface area contributed by atoms with E-state index in [9.17, 15) is 0 Å². The number of aliphatic imine (C=N–C) groups is 1. The number of benzene rings is 1. The van der Waals surface area contributed by atoms with Crippen molar-refractivity contribution in [3.63, 3.8) is 0 Å². The van der Waals surface area contributed by atoms with Crippen LogP contribution in [0.15, 0.2) is 29.3 Å². The largest absolute Gasteiger partial charge is 0.486 e. The molecule has 1 saturated heterocycles. The van der Waals surface area contributed by atoms with Gasteiger partial charge in [0.1, 0.15) is 12.7 Å². The zero-order chi connectivity index (χ0) is 17.5. The van der Waals surface area contributed by atoms with Gasteiger partial charge in [-0.3, -0.25) is 4.99 Å². The second-order valence-electron chi connectivity index (χ2n) is 6.91. The molecule has 1 fully saturated rings. The molecule has 26 heavy (non-hydrogen) atoms. The van der Waals surface area contributed by atoms with Crippen molar-refractivity contribution in [2.45, 2.75) is 25.4 Å². The summed E-state index contributed by atoms with van der Waals surface area (Å²) in [4.78, 5) is 6.71. The third kappa shape index (κ3) is 6.19. The van der Waals surface area contributed by atoms with Crippen molar-refractivity contribution in [1.82, 2.24) is 15.5 Å². The molecule has 0 radical (unpaired) electrons. The maximum absolute atomic E-state index is 5.96. The van der Waals surface area contributed by atoms with Crippen LogP contribution in [0.2, 0.25) is 0 Å². The topological polar surface area (TPSA) is 58.1 Å². The van der Waals surface area contributed by atoms with Crippen LogP contribution in [0.3, 0.4) is 0 Å². The van der Waals surface area contributed by atoms with E-state index in [1.807, 2.05) is 24.3 Å². The smallest absolute Gasteiger partial charge is 0.191 e. The van der Waals surface area contributed by atoms with Crippen LogP contribution >= 0.6 is 24.0 Å². The monoisotopic (exact) mass is 474 g/mol. The van der Waals surface area contributed by atoms with Gasteiger partial charge in [0, 0.05) is 13.6 Å². The molecule has 3 rings (SSSR count). The maximum atomic E-state index is 5.96. The van der Waals surface area contributed by atoms with Crippen LogP contribution < -0.4 is 20.1 Å². The number of nitrogens with zero attached hydrogens (tertiary/aromatic N) is 2. The molecule has 1 unspecified atom stereocenters. The molecule has 146 valence electrons. The first-order valence-electron chi connectivity index (χ1n) is 9.26. The van der Waals surface area contributed by atoms with Gasteiger partial charge in [-0.05, 0) is 57.5 Å². The molecule has 1 aromatic rings. The van der Waals surface area contributed by atoms with E-state index in [2.05, 4.69) is 27.6 Å². The Hall–Kier alpha value is -1.22. The van der Waals surface area contributed by atoms with Crippen LogP contribution in [0.1, 0.15) is 19.3 Å². The van der Waals surface area contributed by atoms with E-state index in [4.69, 9.17) is 9.47 Å². The Morgan fingerprint density at radius 2 is 1.92 bits per heavy atom. The Balaban J connectivity index is 0.00000243. The van der Waals surface area contributed by atoms with Gasteiger partial charge in [-0.15, -0.1) is 24.0 Å². The molecule has 0 spiro atoms. The number of guanidine groups is 1. The Morgan fingerprint density at radius 3 is 2.65 bits per heavy atom. The summed E-state index contributed by atoms with van der Waals surface area (Å²) in [5.41, 5.74) is 0. The number of hydrogen-bond donors (Lipinski definition) is 2. The fourth-order valence-electron chi connectivity index (χ4n) is 3.34. The number of hydrogen-bond acceptors (Lipinski definition) is 4. The highest BCUT2D eigenvalue weighted by atomic mass is 127. The Labute approximate surface area is 173 Å². The van der Waals surface area contributed by atoms with Crippen molar-refractivity contribution in [3.8, 4) is 11.5 Å². The van der Waals surface area contributed by atoms with E-state index >= 15 is 0 Å². The third-order valence-electron chi connectivity index (χ3n) is 4.97. The summed E-state index contributed by atoms with van der Waals surface area (Å²) in [5.74, 6) is 3.29. The van der Waals surface area contributed by atoms with Gasteiger partial charge in [0.15, 0.2) is 17.5 Å². The molecular formula is C19H31IN4O2. The number of para-hydroxylation sites is 2. The lowest BCUT2D eigenvalue weighted by Crippen LogP contribution is -2.45. The molecule has 2 N–H and O–H groups in total. The highest BCUT2D eigenvalue weighted by Crippen LogP contribution is 2.30. The van der Waals surface area contributed by atoms with E-state index in [-0.39, 0.29) is 30.1 Å². The third-order valence-corrected chi connectivity index (χ3v) is 4.97. The van der Waals surface area contributed by atoms with Crippen LogP contribution in [0.5, 0.6) is 11.5 Å². The summed E-state index contributed by atoms with van der Waals surface area (Å²) in [6.45, 7) is 4.62. The minimum Gasteiger partial charge on any atom is -0.486 e. The highest BCUT2D eigenvalue weighted by molar-refractivity contribution is 14.0. The summed E-state index contributed by atoms with van der Waals surface area (Å²) < 4.78 is 11.7. The van der Waals surface area contributed by atoms with Gasteiger partial charge in [0.25, 0.3) is 0 Å². The van der Waals surface area contributed by atoms with Gasteiger partial charge in [-0.25, -0.2) is 0 Å². The van der Waals surface area contributed by atoms with Gasteiger partial charge < -0.3 is 25.0 Å². The van der Waals surface area contributed by atoms with Gasteiger partial charge in [-0.1, -0.05) is 12.1 Å². The molecule has 1 atom stereocenters. The molecule has 0 saturated carbocycles. The maximum Gasteiger partial charge on any atom is 0.191 e. The number of piperidine rings is 1. The minimum absolute atomic E-state index is 0. The summed E-state index contributed by atoms with van der Waals surface area (Å²) in [6.07, 6.45) is 3.79. The number of fused-ring (bicyclic) bond motifs is 1. The van der Waals surface area contributed by atoms with Crippen LogP contribution in [0.25, 0.3) is 0 Å². The number of likely N-dealkylation sites (tertiary alicyclic amines) is 1. The molecule has 0 amide bonds. The second-order valence-corrected chi connectivity index (χ2v) is 6.91. The molecule has 0 aliphatic carbocycles. The van der Waals surface area contributed by atoms with Crippen molar-refractivity contribution in [2.75, 3.05) is 46.9 Å². The van der Waals surface area contributed by atoms with Crippen LogP contribution in [0.4, 0.5) is 0 Å². The van der Waals surface area contributed by atoms with Gasteiger partial charge in [0.2, 0.25) is 0 Å². The Kier molecular flexibility index (Phi) is 8.77. The molecule has 2 aliphatic heterocycles. The first kappa shape index (κ1) is 21.1. The Morgan fingerprint density at radius 1 is 1.19 bits per heavy atom. The molecule has 1 aromatic carbocycles. The predicted molar refractivity (Wildman–Crippen MR) is 116 cm³/mol. The van der Waals surface area contributed by atoms with E-state index < -0.39 is 0 Å². The summed E-state index contributed by atoms with van der Waals surface area (Å²) >= 11 is 0. The summed E-state index contributed by atoms with van der Waals surface area (Å²) in [6, 6.07) is 7.79. The molecule has 0 bridgehead atoms. The lowest BCUT2D eigenvalue weighted by atomic mass is 9.94. The van der Waals surface area contributed by atoms with Crippen LogP contribution in [-0.2, 0) is 0 Å². The van der Waals surface area contributed by atoms with Crippen molar-refractivity contribution >= 4 is 29.9 Å². The van der Waals surface area contributed by atoms with Crippen molar-refractivity contribution in [1.29, 1.82) is 0 Å². The molecule has 6 nitrogen and oxygen atoms in total. The normalized spacial score (nSPS) is 21.0. The average molecular weight is 474 g/mol.